The minimum absolute atomic E-state index is 0.0152. The van der Waals surface area contributed by atoms with E-state index in [1.54, 1.807) is 0 Å². The van der Waals surface area contributed by atoms with Gasteiger partial charge in [-0.05, 0) is 86.2 Å². The average molecular weight is 709 g/mol. The fourth-order valence-corrected chi connectivity index (χ4v) is 9.90. The first-order chi connectivity index (χ1) is 24.5. The van der Waals surface area contributed by atoms with Crippen LogP contribution in [0.2, 0.25) is 0 Å². The molecule has 6 rings (SSSR count). The molecule has 2 N–H and O–H groups in total. The van der Waals surface area contributed by atoms with Gasteiger partial charge < -0.3 is 19.7 Å². The summed E-state index contributed by atoms with van der Waals surface area (Å²) in [4.78, 5) is 37.3. The number of aliphatic imine (C=N–C) groups is 2. The Hall–Kier alpha value is -4.20. The molecule has 8 atom stereocenters. The number of ether oxygens (including phenoxy) is 2. The van der Waals surface area contributed by atoms with E-state index in [1.165, 1.54) is 26.3 Å². The number of aliphatic hydroxyl groups excluding tert-OH is 2. The van der Waals surface area contributed by atoms with Gasteiger partial charge in [-0.3, -0.25) is 9.98 Å². The maximum Gasteiger partial charge on any atom is 0.343 e. The predicted molar refractivity (Wildman–Crippen MR) is 204 cm³/mol. The van der Waals surface area contributed by atoms with Crippen LogP contribution >= 0.6 is 0 Å². The molecule has 6 unspecified atom stereocenters. The predicted octanol–water partition coefficient (Wildman–Crippen LogP) is 9.79. The van der Waals surface area contributed by atoms with E-state index in [-0.39, 0.29) is 56.5 Å². The van der Waals surface area contributed by atoms with Crippen molar-refractivity contribution in [1.29, 1.82) is 0 Å². The molecule has 4 aliphatic rings. The Morgan fingerprint density at radius 3 is 1.27 bits per heavy atom. The number of hydrogen-bond acceptors (Lipinski definition) is 8. The van der Waals surface area contributed by atoms with Gasteiger partial charge in [0.25, 0.3) is 0 Å². The van der Waals surface area contributed by atoms with Crippen LogP contribution in [0.4, 0.5) is 0 Å². The Morgan fingerprint density at radius 2 is 1.00 bits per heavy atom. The van der Waals surface area contributed by atoms with Gasteiger partial charge in [-0.1, -0.05) is 102 Å². The summed E-state index contributed by atoms with van der Waals surface area (Å²) < 4.78 is 12.3. The first-order valence-electron chi connectivity index (χ1n) is 18.9. The van der Waals surface area contributed by atoms with Gasteiger partial charge in [0.15, 0.2) is 0 Å². The molecule has 4 aliphatic carbocycles. The minimum atomic E-state index is -0.678. The van der Waals surface area contributed by atoms with Crippen LogP contribution in [-0.2, 0) is 19.1 Å². The highest BCUT2D eigenvalue weighted by Crippen LogP contribution is 2.67. The van der Waals surface area contributed by atoms with E-state index in [0.717, 1.165) is 49.7 Å². The Bertz CT molecular complexity index is 1650. The normalized spacial score (nSPS) is 32.1. The molecule has 0 radical (unpaired) electrons. The summed E-state index contributed by atoms with van der Waals surface area (Å²) in [5, 5.41) is 21.5. The van der Waals surface area contributed by atoms with Crippen LogP contribution < -0.4 is 0 Å². The van der Waals surface area contributed by atoms with Gasteiger partial charge in [-0.2, -0.15) is 0 Å². The number of esters is 2. The molecule has 0 spiro atoms. The van der Waals surface area contributed by atoms with Crippen LogP contribution in [0.5, 0.6) is 0 Å². The second-order valence-electron chi connectivity index (χ2n) is 17.3. The van der Waals surface area contributed by atoms with E-state index >= 15 is 0 Å². The minimum Gasteiger partial charge on any atom is -0.512 e. The summed E-state index contributed by atoms with van der Waals surface area (Å²) >= 11 is 0. The third-order valence-corrected chi connectivity index (χ3v) is 14.5. The van der Waals surface area contributed by atoms with Gasteiger partial charge in [-0.25, -0.2) is 9.59 Å². The smallest absolute Gasteiger partial charge is 0.343 e. The van der Waals surface area contributed by atoms with E-state index in [4.69, 9.17) is 19.5 Å². The molecule has 4 saturated carbocycles. The molecule has 2 aromatic carbocycles. The number of benzene rings is 2. The number of allylic oxidation sites excluding steroid dienone is 2. The third kappa shape index (κ3) is 6.40. The lowest BCUT2D eigenvalue weighted by Gasteiger charge is -2.38. The largest absolute Gasteiger partial charge is 0.512 e. The highest BCUT2D eigenvalue weighted by atomic mass is 16.6. The monoisotopic (exact) mass is 708 g/mol. The van der Waals surface area contributed by atoms with Crippen LogP contribution in [0.15, 0.2) is 93.3 Å². The van der Waals surface area contributed by atoms with Crippen molar-refractivity contribution in [3.63, 3.8) is 0 Å². The Balaban J connectivity index is 1.30. The van der Waals surface area contributed by atoms with Gasteiger partial charge in [-0.15, -0.1) is 0 Å². The molecule has 52 heavy (non-hydrogen) atoms. The van der Waals surface area contributed by atoms with Crippen LogP contribution in [0.1, 0.15) is 117 Å². The fourth-order valence-electron chi connectivity index (χ4n) is 9.90. The first-order valence-corrected chi connectivity index (χ1v) is 18.9. The zero-order valence-corrected chi connectivity index (χ0v) is 32.1. The Kier molecular flexibility index (Phi) is 10.1. The van der Waals surface area contributed by atoms with Gasteiger partial charge in [0.1, 0.15) is 47.0 Å². The van der Waals surface area contributed by atoms with Crippen LogP contribution in [0.25, 0.3) is 0 Å². The van der Waals surface area contributed by atoms with Crippen molar-refractivity contribution >= 4 is 24.4 Å². The summed E-state index contributed by atoms with van der Waals surface area (Å²) in [6, 6.07) is 17.8. The van der Waals surface area contributed by atoms with E-state index in [2.05, 4.69) is 41.5 Å². The molecular formula is C44H56N2O6. The van der Waals surface area contributed by atoms with Crippen molar-refractivity contribution in [1.82, 2.24) is 0 Å². The second kappa shape index (κ2) is 14.0. The number of hydrogen-bond donors (Lipinski definition) is 2. The zero-order valence-electron chi connectivity index (χ0n) is 32.1. The topological polar surface area (TPSA) is 118 Å². The number of carbonyl (C=O) groups is 2. The van der Waals surface area contributed by atoms with Crippen molar-refractivity contribution < 1.29 is 29.3 Å². The number of aliphatic hydroxyl groups is 2. The van der Waals surface area contributed by atoms with Gasteiger partial charge in [0.2, 0.25) is 0 Å². The first kappa shape index (κ1) is 37.6. The fraction of sp³-hybridized carbons (Fsp3) is 0.545. The van der Waals surface area contributed by atoms with Crippen molar-refractivity contribution in [3.8, 4) is 0 Å². The molecule has 0 saturated heterocycles. The van der Waals surface area contributed by atoms with E-state index in [9.17, 15) is 19.8 Å². The molecule has 4 fully saturated rings. The SMILES string of the molecule is C/C(O)=C(/C=N[C@H](c1ccccc1)[C@H](N=C/C(C(=O)OC1CC2CCC1(C)C2(C)C)=C(/C)O)c1ccccc1)C(=O)OC1CC2CCC1(C)C2(C)C. The molecule has 0 heterocycles. The standard InChI is InChI=1S/C44H56N2O6/c1-27(47)33(39(49)51-35-23-31-19-21-43(35,7)41(31,3)4)25-45-37(29-15-11-9-12-16-29)38(30-17-13-10-14-18-30)46-26-34(28(2)48)40(50)52-36-24-32-20-22-44(36,8)42(32,5)6/h9-18,25-26,31-32,35-38,47-48H,19-24H2,1-8H3/b33-27+,34-28+,45-25?,46-26?/t31?,32?,35?,36?,37-,38-,43?,44?/m1/s1. The summed E-state index contributed by atoms with van der Waals surface area (Å²) in [7, 11) is 0. The summed E-state index contributed by atoms with van der Waals surface area (Å²) in [5.74, 6) is -0.609. The zero-order chi connectivity index (χ0) is 37.6. The molecule has 0 aliphatic heterocycles. The molecule has 0 aromatic heterocycles. The summed E-state index contributed by atoms with van der Waals surface area (Å²) in [6.07, 6.45) is 8.15. The lowest BCUT2D eigenvalue weighted by atomic mass is 9.70. The number of rotatable bonds is 11. The Morgan fingerprint density at radius 1 is 0.654 bits per heavy atom. The molecule has 2 aromatic rings. The summed E-state index contributed by atoms with van der Waals surface area (Å²) in [6.45, 7) is 16.4. The lowest BCUT2D eigenvalue weighted by molar-refractivity contribution is -0.152. The van der Waals surface area contributed by atoms with E-state index < -0.39 is 24.0 Å². The van der Waals surface area contributed by atoms with Crippen LogP contribution in [0.3, 0.4) is 0 Å². The van der Waals surface area contributed by atoms with Gasteiger partial charge in [0.05, 0.1) is 0 Å². The van der Waals surface area contributed by atoms with Crippen molar-refractivity contribution in [2.75, 3.05) is 0 Å². The number of nitrogens with zero attached hydrogens (tertiary/aromatic N) is 2. The molecule has 8 nitrogen and oxygen atoms in total. The van der Waals surface area contributed by atoms with Crippen LogP contribution in [0, 0.1) is 33.5 Å². The van der Waals surface area contributed by atoms with E-state index in [1.807, 2.05) is 60.7 Å². The number of carbonyl (C=O) groups excluding carboxylic acids is 2. The second-order valence-corrected chi connectivity index (χ2v) is 17.3. The lowest BCUT2D eigenvalue weighted by Crippen LogP contribution is -2.38. The van der Waals surface area contributed by atoms with Crippen LogP contribution in [-0.4, -0.2) is 46.8 Å². The molecule has 0 amide bonds. The molecule has 8 heteroatoms. The average Bonchev–Trinajstić information content (AvgIpc) is 3.62. The maximum absolute atomic E-state index is 13.7. The highest BCUT2D eigenvalue weighted by molar-refractivity contribution is 6.10. The molecule has 4 bridgehead atoms. The third-order valence-electron chi connectivity index (χ3n) is 14.5. The molecular weight excluding hydrogens is 652 g/mol. The Labute approximate surface area is 309 Å². The maximum atomic E-state index is 13.7. The van der Waals surface area contributed by atoms with Crippen molar-refractivity contribution in [2.45, 2.75) is 118 Å². The highest BCUT2D eigenvalue weighted by Gasteiger charge is 2.64. The summed E-state index contributed by atoms with van der Waals surface area (Å²) in [5.41, 5.74) is 1.42. The molecule has 278 valence electrons. The quantitative estimate of drug-likeness (QED) is 0.104. The van der Waals surface area contributed by atoms with Gasteiger partial charge >= 0.3 is 11.9 Å². The van der Waals surface area contributed by atoms with Crippen molar-refractivity contribution in [3.05, 3.63) is 94.5 Å². The van der Waals surface area contributed by atoms with Gasteiger partial charge in [0, 0.05) is 23.3 Å². The van der Waals surface area contributed by atoms with E-state index in [0.29, 0.717) is 11.8 Å². The van der Waals surface area contributed by atoms with Crippen molar-refractivity contribution in [2.24, 2.45) is 43.5 Å². The number of fused-ring (bicyclic) bond motifs is 4.